The first-order valence-electron chi connectivity index (χ1n) is 17.8. The zero-order valence-corrected chi connectivity index (χ0v) is 27.6. The number of amides is 1. The molecule has 0 saturated heterocycles. The number of unbranched alkanes of at least 4 members (excludes halogenated alkanes) is 19. The molecule has 246 valence electrons. The van der Waals surface area contributed by atoms with Crippen LogP contribution in [0.1, 0.15) is 187 Å². The Labute approximate surface area is 259 Å². The minimum absolute atomic E-state index is 0.00540. The van der Waals surface area contributed by atoms with Crippen LogP contribution in [0, 0.1) is 0 Å². The Morgan fingerprint density at radius 3 is 1.52 bits per heavy atom. The third-order valence-corrected chi connectivity index (χ3v) is 7.94. The van der Waals surface area contributed by atoms with Crippen LogP contribution in [0.4, 0.5) is 0 Å². The number of rotatable bonds is 32. The molecule has 0 aromatic carbocycles. The maximum absolute atomic E-state index is 12.5. The van der Waals surface area contributed by atoms with Crippen molar-refractivity contribution in [3.63, 3.8) is 0 Å². The van der Waals surface area contributed by atoms with Gasteiger partial charge in [0.1, 0.15) is 12.6 Å². The smallest absolute Gasteiger partial charge is 0.322 e. The number of carboxylic acids is 1. The summed E-state index contributed by atoms with van der Waals surface area (Å²) < 4.78 is 5.91. The van der Waals surface area contributed by atoms with Crippen LogP contribution in [0.25, 0.3) is 0 Å². The number of nitrogens with one attached hydrogen (secondary N) is 1. The molecule has 0 bridgehead atoms. The summed E-state index contributed by atoms with van der Waals surface area (Å²) in [6, 6.07) is 0. The molecule has 6 heteroatoms. The van der Waals surface area contributed by atoms with E-state index in [4.69, 9.17) is 9.84 Å². The molecular formula is C36H67NO5. The first-order chi connectivity index (χ1) is 20.5. The number of carbonyl (C=O) groups excluding carboxylic acids is 2. The van der Waals surface area contributed by atoms with Crippen LogP contribution in [-0.2, 0) is 19.1 Å². The fourth-order valence-corrected chi connectivity index (χ4v) is 5.27. The van der Waals surface area contributed by atoms with Crippen LogP contribution in [0.3, 0.4) is 0 Å². The molecule has 1 atom stereocenters. The summed E-state index contributed by atoms with van der Waals surface area (Å²) >= 11 is 0. The van der Waals surface area contributed by atoms with Gasteiger partial charge in [0.15, 0.2) is 0 Å². The summed E-state index contributed by atoms with van der Waals surface area (Å²) in [5.74, 6) is -1.27. The van der Waals surface area contributed by atoms with E-state index in [1.54, 1.807) is 0 Å². The molecule has 0 spiro atoms. The lowest BCUT2D eigenvalue weighted by Crippen LogP contribution is -2.28. The number of ether oxygens (including phenoxy) is 1. The average molecular weight is 594 g/mol. The third kappa shape index (κ3) is 31.1. The number of esters is 1. The van der Waals surface area contributed by atoms with Crippen LogP contribution < -0.4 is 5.32 Å². The predicted octanol–water partition coefficient (Wildman–Crippen LogP) is 10.2. The number of allylic oxidation sites excluding steroid dienone is 2. The van der Waals surface area contributed by atoms with Crippen LogP contribution in [0.5, 0.6) is 0 Å². The molecule has 0 aliphatic heterocycles. The van der Waals surface area contributed by atoms with E-state index in [1.807, 2.05) is 0 Å². The van der Waals surface area contributed by atoms with Gasteiger partial charge in [0.25, 0.3) is 0 Å². The lowest BCUT2D eigenvalue weighted by molar-refractivity contribution is -0.150. The van der Waals surface area contributed by atoms with Gasteiger partial charge in [0, 0.05) is 12.8 Å². The summed E-state index contributed by atoms with van der Waals surface area (Å²) in [5.41, 5.74) is 0. The second kappa shape index (κ2) is 32.1. The van der Waals surface area contributed by atoms with Gasteiger partial charge in [-0.25, -0.2) is 0 Å². The molecule has 6 nitrogen and oxygen atoms in total. The van der Waals surface area contributed by atoms with E-state index in [0.717, 1.165) is 57.8 Å². The van der Waals surface area contributed by atoms with Crippen molar-refractivity contribution >= 4 is 17.8 Å². The average Bonchev–Trinajstić information content (AvgIpc) is 2.97. The molecule has 0 radical (unpaired) electrons. The molecule has 0 aromatic heterocycles. The lowest BCUT2D eigenvalue weighted by atomic mass is 10.0. The van der Waals surface area contributed by atoms with E-state index < -0.39 is 5.97 Å². The SMILES string of the molecule is CCCCCCCCC/C=C\CCCCCCCC(=O)OC(CCCCCCC)CCCCCCC(=O)NCC(=O)O. The van der Waals surface area contributed by atoms with Crippen molar-refractivity contribution in [3.8, 4) is 0 Å². The zero-order valence-electron chi connectivity index (χ0n) is 27.6. The first-order valence-corrected chi connectivity index (χ1v) is 17.8. The van der Waals surface area contributed by atoms with Crippen LogP contribution in [-0.4, -0.2) is 35.6 Å². The first kappa shape index (κ1) is 40.1. The Morgan fingerprint density at radius 2 is 1.02 bits per heavy atom. The van der Waals surface area contributed by atoms with Gasteiger partial charge in [-0.3, -0.25) is 14.4 Å². The Hall–Kier alpha value is -1.85. The maximum Gasteiger partial charge on any atom is 0.322 e. The Balaban J connectivity index is 3.94. The molecule has 0 rings (SSSR count). The van der Waals surface area contributed by atoms with Gasteiger partial charge in [0.2, 0.25) is 5.91 Å². The topological polar surface area (TPSA) is 92.7 Å². The fourth-order valence-electron chi connectivity index (χ4n) is 5.27. The number of carboxylic acid groups (broad SMARTS) is 1. The number of aliphatic carboxylic acids is 1. The van der Waals surface area contributed by atoms with E-state index in [1.165, 1.54) is 103 Å². The quantitative estimate of drug-likeness (QED) is 0.0460. The molecule has 2 N–H and O–H groups in total. The van der Waals surface area contributed by atoms with Crippen molar-refractivity contribution in [3.05, 3.63) is 12.2 Å². The van der Waals surface area contributed by atoms with Crippen molar-refractivity contribution in [1.29, 1.82) is 0 Å². The summed E-state index contributed by atoms with van der Waals surface area (Å²) in [6.45, 7) is 4.17. The largest absolute Gasteiger partial charge is 0.480 e. The van der Waals surface area contributed by atoms with Gasteiger partial charge in [-0.2, -0.15) is 0 Å². The summed E-state index contributed by atoms with van der Waals surface area (Å²) in [5, 5.41) is 11.0. The standard InChI is InChI=1S/C36H67NO5/c1-3-5-7-9-10-11-12-13-14-15-16-17-18-19-21-27-31-36(41)42-33(28-24-20-8-6-4-2)29-25-22-23-26-30-34(38)37-32-35(39)40/h14-15,33H,3-13,16-32H2,1-2H3,(H,37,38)(H,39,40)/b15-14-. The Kier molecular flexibility index (Phi) is 30.7. The van der Waals surface area contributed by atoms with E-state index >= 15 is 0 Å². The molecular weight excluding hydrogens is 526 g/mol. The molecule has 0 saturated carbocycles. The van der Waals surface area contributed by atoms with Gasteiger partial charge in [-0.05, 0) is 64.2 Å². The van der Waals surface area contributed by atoms with Crippen LogP contribution in [0.2, 0.25) is 0 Å². The van der Waals surface area contributed by atoms with Gasteiger partial charge in [-0.1, -0.05) is 122 Å². The molecule has 42 heavy (non-hydrogen) atoms. The van der Waals surface area contributed by atoms with Gasteiger partial charge >= 0.3 is 11.9 Å². The molecule has 1 amide bonds. The van der Waals surface area contributed by atoms with Crippen molar-refractivity contribution < 1.29 is 24.2 Å². The van der Waals surface area contributed by atoms with Crippen molar-refractivity contribution in [2.75, 3.05) is 6.54 Å². The van der Waals surface area contributed by atoms with Gasteiger partial charge in [0.05, 0.1) is 0 Å². The Bertz CT molecular complexity index is 663. The highest BCUT2D eigenvalue weighted by Crippen LogP contribution is 2.18. The van der Waals surface area contributed by atoms with Crippen LogP contribution >= 0.6 is 0 Å². The van der Waals surface area contributed by atoms with Gasteiger partial charge in [-0.15, -0.1) is 0 Å². The van der Waals surface area contributed by atoms with E-state index in [9.17, 15) is 14.4 Å². The number of hydrogen-bond donors (Lipinski definition) is 2. The van der Waals surface area contributed by atoms with Crippen LogP contribution in [0.15, 0.2) is 12.2 Å². The predicted molar refractivity (Wildman–Crippen MR) is 176 cm³/mol. The van der Waals surface area contributed by atoms with Gasteiger partial charge < -0.3 is 15.2 Å². The van der Waals surface area contributed by atoms with Crippen molar-refractivity contribution in [2.45, 2.75) is 193 Å². The van der Waals surface area contributed by atoms with Crippen molar-refractivity contribution in [1.82, 2.24) is 5.32 Å². The second-order valence-corrected chi connectivity index (χ2v) is 12.1. The summed E-state index contributed by atoms with van der Waals surface area (Å²) in [7, 11) is 0. The Morgan fingerprint density at radius 1 is 0.595 bits per heavy atom. The van der Waals surface area contributed by atoms with E-state index in [0.29, 0.717) is 12.8 Å². The zero-order chi connectivity index (χ0) is 30.9. The fraction of sp³-hybridized carbons (Fsp3) is 0.861. The maximum atomic E-state index is 12.5. The normalized spacial score (nSPS) is 12.0. The summed E-state index contributed by atoms with van der Waals surface area (Å²) in [6.07, 6.45) is 34.8. The highest BCUT2D eigenvalue weighted by Gasteiger charge is 2.14. The summed E-state index contributed by atoms with van der Waals surface area (Å²) in [4.78, 5) is 34.7. The second-order valence-electron chi connectivity index (χ2n) is 12.1. The lowest BCUT2D eigenvalue weighted by Gasteiger charge is -2.18. The van der Waals surface area contributed by atoms with Crippen molar-refractivity contribution in [2.24, 2.45) is 0 Å². The number of hydrogen-bond acceptors (Lipinski definition) is 4. The minimum Gasteiger partial charge on any atom is -0.480 e. The molecule has 0 aliphatic rings. The number of carbonyl (C=O) groups is 3. The van der Waals surface area contributed by atoms with E-state index in [2.05, 4.69) is 31.3 Å². The molecule has 0 aliphatic carbocycles. The third-order valence-electron chi connectivity index (χ3n) is 7.94. The highest BCUT2D eigenvalue weighted by molar-refractivity contribution is 5.80. The molecule has 0 heterocycles. The molecule has 0 aromatic rings. The highest BCUT2D eigenvalue weighted by atomic mass is 16.5. The van der Waals surface area contributed by atoms with E-state index in [-0.39, 0.29) is 24.5 Å². The molecule has 0 fully saturated rings. The monoisotopic (exact) mass is 594 g/mol. The molecule has 1 unspecified atom stereocenters. The minimum atomic E-state index is -1.02.